The first-order valence-electron chi connectivity index (χ1n) is 8.46. The van der Waals surface area contributed by atoms with E-state index in [0.717, 1.165) is 16.2 Å². The van der Waals surface area contributed by atoms with Crippen LogP contribution in [-0.4, -0.2) is 71.0 Å². The average molecular weight is 492 g/mol. The number of thioether (sulfide) groups is 2. The summed E-state index contributed by atoms with van der Waals surface area (Å²) in [5.41, 5.74) is 0.588. The van der Waals surface area contributed by atoms with Crippen LogP contribution in [0.3, 0.4) is 0 Å². The average Bonchev–Trinajstić information content (AvgIpc) is 3.35. The molecule has 0 bridgehead atoms. The van der Waals surface area contributed by atoms with E-state index in [1.54, 1.807) is 6.20 Å². The van der Waals surface area contributed by atoms with Crippen LogP contribution < -0.4 is 44.8 Å². The van der Waals surface area contributed by atoms with Gasteiger partial charge in [-0.05, 0) is 5.57 Å². The van der Waals surface area contributed by atoms with Gasteiger partial charge in [0.25, 0.3) is 5.91 Å². The fraction of sp³-hybridized carbons (Fsp3) is 0.333. The molecule has 4 N–H and O–H groups in total. The van der Waals surface area contributed by atoms with Crippen molar-refractivity contribution < 1.29 is 54.3 Å². The molecule has 1 saturated heterocycles. The molecule has 0 spiro atoms. The molecule has 2 aliphatic rings. The van der Waals surface area contributed by atoms with Crippen molar-refractivity contribution in [3.63, 3.8) is 0 Å². The van der Waals surface area contributed by atoms with E-state index in [-0.39, 0.29) is 52.2 Å². The van der Waals surface area contributed by atoms with Gasteiger partial charge in [0.15, 0.2) is 0 Å². The monoisotopic (exact) mass is 491 g/mol. The summed E-state index contributed by atoms with van der Waals surface area (Å²) in [6.07, 6.45) is 1.37. The number of aromatic amines is 1. The van der Waals surface area contributed by atoms with Gasteiger partial charge in [-0.1, -0.05) is 17.0 Å². The summed E-state index contributed by atoms with van der Waals surface area (Å²) in [5.74, 6) is -1.83. The molecule has 0 saturated carbocycles. The van der Waals surface area contributed by atoms with Crippen LogP contribution in [0.4, 0.5) is 0 Å². The summed E-state index contributed by atoms with van der Waals surface area (Å²) < 4.78 is 0.601. The molecule has 2 aromatic rings. The largest absolute Gasteiger partial charge is 1.00 e. The van der Waals surface area contributed by atoms with Crippen molar-refractivity contribution in [3.8, 4) is 0 Å². The Morgan fingerprint density at radius 3 is 2.87 bits per heavy atom. The molecule has 12 nitrogen and oxygen atoms in total. The maximum atomic E-state index is 12.6. The van der Waals surface area contributed by atoms with Gasteiger partial charge in [-0.15, -0.1) is 28.2 Å². The maximum Gasteiger partial charge on any atom is 1.00 e. The fourth-order valence-electron chi connectivity index (χ4n) is 3.07. The number of H-pyrrole nitrogens is 1. The Labute approximate surface area is 209 Å². The van der Waals surface area contributed by atoms with E-state index in [4.69, 9.17) is 5.41 Å². The van der Waals surface area contributed by atoms with Crippen molar-refractivity contribution >= 4 is 52.6 Å². The van der Waals surface area contributed by atoms with Crippen LogP contribution in [0.1, 0.15) is 5.69 Å². The number of hydrogen-bond acceptors (Lipinski definition) is 11. The van der Waals surface area contributed by atoms with Gasteiger partial charge >= 0.3 is 29.6 Å². The summed E-state index contributed by atoms with van der Waals surface area (Å²) in [7, 11) is 0. The minimum absolute atomic E-state index is 0. The molecule has 158 valence electrons. The number of carboxylic acids is 1. The van der Waals surface area contributed by atoms with E-state index < -0.39 is 29.2 Å². The SMILES string of the molecule is N=c1scc(CC(=O)NC2C(=O)N3C(C(=O)[O-])=C(CSc4c[nH]nn4)CS[C@H]23)n1O.[Na+]. The first-order chi connectivity index (χ1) is 14.4. The van der Waals surface area contributed by atoms with Crippen molar-refractivity contribution in [2.45, 2.75) is 22.9 Å². The van der Waals surface area contributed by atoms with Gasteiger partial charge in [-0.2, -0.15) is 4.73 Å². The molecule has 0 radical (unpaired) electrons. The van der Waals surface area contributed by atoms with Crippen molar-refractivity contribution in [3.05, 3.63) is 33.3 Å². The molecule has 4 rings (SSSR count). The molecule has 31 heavy (non-hydrogen) atoms. The zero-order chi connectivity index (χ0) is 21.4. The van der Waals surface area contributed by atoms with Crippen LogP contribution in [0.15, 0.2) is 27.9 Å². The molecule has 2 aliphatic heterocycles. The summed E-state index contributed by atoms with van der Waals surface area (Å²) in [5, 5.41) is 42.9. The normalized spacial score (nSPS) is 20.0. The Balaban J connectivity index is 0.00000272. The molecule has 1 fully saturated rings. The van der Waals surface area contributed by atoms with E-state index in [9.17, 15) is 24.7 Å². The zero-order valence-corrected chi connectivity index (χ0v) is 20.5. The summed E-state index contributed by atoms with van der Waals surface area (Å²) in [6.45, 7) is 0. The second-order valence-electron chi connectivity index (χ2n) is 6.32. The Kier molecular flexibility index (Phi) is 7.54. The minimum Gasteiger partial charge on any atom is -0.543 e. The van der Waals surface area contributed by atoms with Gasteiger partial charge in [0, 0.05) is 16.9 Å². The summed E-state index contributed by atoms with van der Waals surface area (Å²) in [6, 6.07) is -0.872. The first-order valence-corrected chi connectivity index (χ1v) is 11.4. The third-order valence-electron chi connectivity index (χ3n) is 4.46. The van der Waals surface area contributed by atoms with Gasteiger partial charge in [0.2, 0.25) is 10.7 Å². The number of carbonyl (C=O) groups excluding carboxylic acids is 3. The van der Waals surface area contributed by atoms with Crippen molar-refractivity contribution in [2.75, 3.05) is 11.5 Å². The van der Waals surface area contributed by atoms with Gasteiger partial charge in [0.05, 0.1) is 30.0 Å². The number of aromatic nitrogens is 4. The van der Waals surface area contributed by atoms with E-state index in [0.29, 0.717) is 26.8 Å². The Hall–Kier alpha value is -1.78. The predicted molar refractivity (Wildman–Crippen MR) is 103 cm³/mol. The first kappa shape index (κ1) is 23.9. The molecular formula is C15H14N7NaO5S3. The van der Waals surface area contributed by atoms with Crippen molar-refractivity contribution in [1.82, 2.24) is 30.4 Å². The van der Waals surface area contributed by atoms with Crippen LogP contribution in [0, 0.1) is 5.41 Å². The third-order valence-corrected chi connectivity index (χ3v) is 7.57. The summed E-state index contributed by atoms with van der Waals surface area (Å²) >= 11 is 3.60. The molecule has 16 heteroatoms. The Morgan fingerprint density at radius 1 is 1.48 bits per heavy atom. The van der Waals surface area contributed by atoms with Crippen LogP contribution in [0.25, 0.3) is 0 Å². The van der Waals surface area contributed by atoms with Gasteiger partial charge in [-0.25, -0.2) is 0 Å². The Morgan fingerprint density at radius 2 is 2.26 bits per heavy atom. The zero-order valence-electron chi connectivity index (χ0n) is 16.0. The number of rotatable bonds is 7. The van der Waals surface area contributed by atoms with E-state index in [2.05, 4.69) is 20.7 Å². The molecular weight excluding hydrogens is 477 g/mol. The quantitative estimate of drug-likeness (QED) is 0.128. The number of thiazole rings is 1. The molecule has 2 amide bonds. The van der Waals surface area contributed by atoms with Crippen LogP contribution in [-0.2, 0) is 20.8 Å². The molecule has 2 aromatic heterocycles. The van der Waals surface area contributed by atoms with Crippen LogP contribution >= 0.6 is 34.9 Å². The number of hydrogen-bond donors (Lipinski definition) is 4. The van der Waals surface area contributed by atoms with E-state index in [1.165, 1.54) is 28.9 Å². The number of β-lactam (4-membered cyclic amide) rings is 1. The molecule has 4 heterocycles. The number of nitrogens with zero attached hydrogens (tertiary/aromatic N) is 4. The number of carbonyl (C=O) groups is 3. The van der Waals surface area contributed by atoms with Crippen molar-refractivity contribution in [2.24, 2.45) is 0 Å². The number of carboxylic acid groups (broad SMARTS) is 1. The molecule has 0 aromatic carbocycles. The Bertz CT molecular complexity index is 1100. The van der Waals surface area contributed by atoms with Crippen LogP contribution in [0.2, 0.25) is 0 Å². The van der Waals surface area contributed by atoms with Gasteiger partial charge < -0.3 is 20.4 Å². The second-order valence-corrected chi connectivity index (χ2v) is 9.27. The number of aliphatic carboxylic acids is 1. The van der Waals surface area contributed by atoms with Gasteiger partial charge in [0.1, 0.15) is 16.4 Å². The topological polar surface area (TPSA) is 180 Å². The minimum atomic E-state index is -1.45. The number of nitrogens with one attached hydrogen (secondary N) is 3. The molecule has 1 unspecified atom stereocenters. The predicted octanol–water partition coefficient (Wildman–Crippen LogP) is -4.87. The van der Waals surface area contributed by atoms with E-state index in [1.807, 2.05) is 0 Å². The second kappa shape index (κ2) is 9.79. The smallest absolute Gasteiger partial charge is 0.543 e. The number of amides is 2. The standard InChI is InChI=1S/C15H15N7O5S3.Na/c16-15-22(27)7(5-30-15)1-8(23)18-10-12(24)21-11(14(25)26)6(4-29-13(10)21)3-28-9-2-17-20-19-9;/h2,5,10,13,16,27H,1,3-4H2,(H,18,23)(H,25,26)(H,17,19,20);/q;+1/p-1/t10?,13-;/m1./s1. The van der Waals surface area contributed by atoms with Crippen LogP contribution in [0.5, 0.6) is 0 Å². The number of fused-ring (bicyclic) bond motifs is 1. The molecule has 0 aliphatic carbocycles. The molecule has 2 atom stereocenters. The van der Waals surface area contributed by atoms with Gasteiger partial charge in [-0.3, -0.25) is 25.0 Å². The third kappa shape index (κ3) is 4.70. The van der Waals surface area contributed by atoms with E-state index >= 15 is 0 Å². The maximum absolute atomic E-state index is 12.6. The summed E-state index contributed by atoms with van der Waals surface area (Å²) in [4.78, 5) is 37.6. The van der Waals surface area contributed by atoms with Crippen molar-refractivity contribution in [1.29, 1.82) is 5.41 Å². The fourth-order valence-corrected chi connectivity index (χ4v) is 5.98.